The van der Waals surface area contributed by atoms with Crippen molar-refractivity contribution in [3.8, 4) is 22.9 Å². The van der Waals surface area contributed by atoms with E-state index in [0.717, 1.165) is 58.1 Å². The molecule has 156 valence electrons. The Morgan fingerprint density at radius 2 is 2.06 bits per heavy atom. The number of ether oxygens (including phenoxy) is 1. The lowest BCUT2D eigenvalue weighted by molar-refractivity contribution is 0.347. The van der Waals surface area contributed by atoms with Gasteiger partial charge in [-0.15, -0.1) is 0 Å². The van der Waals surface area contributed by atoms with Crippen molar-refractivity contribution in [3.05, 3.63) is 60.7 Å². The van der Waals surface area contributed by atoms with Crippen molar-refractivity contribution in [2.24, 2.45) is 0 Å². The molecule has 1 aliphatic heterocycles. The van der Waals surface area contributed by atoms with Crippen molar-refractivity contribution in [1.82, 2.24) is 24.7 Å². The quantitative estimate of drug-likeness (QED) is 0.512. The molecule has 31 heavy (non-hydrogen) atoms. The van der Waals surface area contributed by atoms with Gasteiger partial charge in [-0.25, -0.2) is 4.52 Å². The van der Waals surface area contributed by atoms with Crippen molar-refractivity contribution in [3.63, 3.8) is 0 Å². The smallest absolute Gasteiger partial charge is 0.132 e. The second-order valence-corrected chi connectivity index (χ2v) is 8.60. The fraction of sp³-hybridized carbons (Fsp3) is 0.261. The molecule has 5 rings (SSSR count). The summed E-state index contributed by atoms with van der Waals surface area (Å²) in [5, 5.41) is 22.1. The molecular weight excluding hydrogens is 408 g/mol. The SMILES string of the molecule is COc1ccccc1Sc1cc(-c2cnn(C3CCCNC3)c2)cn2ncc(C#N)c12. The first-order valence-corrected chi connectivity index (χ1v) is 11.1. The highest BCUT2D eigenvalue weighted by Crippen LogP contribution is 2.39. The average molecular weight is 431 g/mol. The number of nitrogens with one attached hydrogen (secondary N) is 1. The van der Waals surface area contributed by atoms with Crippen LogP contribution in [0.2, 0.25) is 0 Å². The highest BCUT2D eigenvalue weighted by atomic mass is 32.2. The first-order chi connectivity index (χ1) is 15.3. The van der Waals surface area contributed by atoms with Crippen LogP contribution in [0.5, 0.6) is 5.75 Å². The molecular formula is C23H22N6OS. The van der Waals surface area contributed by atoms with Crippen LogP contribution in [0.15, 0.2) is 64.9 Å². The zero-order valence-corrected chi connectivity index (χ0v) is 18.0. The minimum absolute atomic E-state index is 0.378. The van der Waals surface area contributed by atoms with E-state index in [-0.39, 0.29) is 0 Å². The third-order valence-electron chi connectivity index (χ3n) is 5.57. The van der Waals surface area contributed by atoms with Gasteiger partial charge in [0.2, 0.25) is 0 Å². The summed E-state index contributed by atoms with van der Waals surface area (Å²) in [6, 6.07) is 12.6. The lowest BCUT2D eigenvalue weighted by Gasteiger charge is -2.22. The van der Waals surface area contributed by atoms with Crippen LogP contribution < -0.4 is 10.1 Å². The van der Waals surface area contributed by atoms with Gasteiger partial charge in [0.25, 0.3) is 0 Å². The summed E-state index contributed by atoms with van der Waals surface area (Å²) < 4.78 is 9.37. The van der Waals surface area contributed by atoms with E-state index in [4.69, 9.17) is 4.74 Å². The third-order valence-corrected chi connectivity index (χ3v) is 6.65. The van der Waals surface area contributed by atoms with Crippen molar-refractivity contribution in [2.45, 2.75) is 28.7 Å². The van der Waals surface area contributed by atoms with Crippen molar-refractivity contribution in [2.75, 3.05) is 20.2 Å². The number of rotatable bonds is 5. The molecule has 1 atom stereocenters. The van der Waals surface area contributed by atoms with Crippen molar-refractivity contribution < 1.29 is 4.74 Å². The molecule has 1 saturated heterocycles. The Hall–Kier alpha value is -3.28. The molecule has 1 aliphatic rings. The second-order valence-electron chi connectivity index (χ2n) is 7.52. The summed E-state index contributed by atoms with van der Waals surface area (Å²) in [5.74, 6) is 0.798. The van der Waals surface area contributed by atoms with Gasteiger partial charge < -0.3 is 10.1 Å². The Balaban J connectivity index is 1.57. The van der Waals surface area contributed by atoms with Crippen LogP contribution in [-0.4, -0.2) is 39.6 Å². The summed E-state index contributed by atoms with van der Waals surface area (Å²) in [7, 11) is 1.67. The van der Waals surface area contributed by atoms with E-state index >= 15 is 0 Å². The van der Waals surface area contributed by atoms with Gasteiger partial charge in [0.1, 0.15) is 11.8 Å². The Morgan fingerprint density at radius 3 is 2.87 bits per heavy atom. The number of hydrogen-bond donors (Lipinski definition) is 1. The van der Waals surface area contributed by atoms with Crippen LogP contribution in [-0.2, 0) is 0 Å². The van der Waals surface area contributed by atoms with Crippen LogP contribution in [0.3, 0.4) is 0 Å². The molecule has 0 bridgehead atoms. The van der Waals surface area contributed by atoms with Gasteiger partial charge in [0, 0.05) is 35.0 Å². The zero-order valence-electron chi connectivity index (χ0n) is 17.2. The largest absolute Gasteiger partial charge is 0.496 e. The maximum atomic E-state index is 9.59. The van der Waals surface area contributed by atoms with Gasteiger partial charge >= 0.3 is 0 Å². The van der Waals surface area contributed by atoms with E-state index in [9.17, 15) is 5.26 Å². The topological polar surface area (TPSA) is 80.2 Å². The number of pyridine rings is 1. The molecule has 0 aliphatic carbocycles. The van der Waals surface area contributed by atoms with Crippen molar-refractivity contribution in [1.29, 1.82) is 5.26 Å². The van der Waals surface area contributed by atoms with E-state index in [1.807, 2.05) is 36.7 Å². The summed E-state index contributed by atoms with van der Waals surface area (Å²) in [5.41, 5.74) is 3.38. The minimum Gasteiger partial charge on any atom is -0.496 e. The summed E-state index contributed by atoms with van der Waals surface area (Å²) >= 11 is 1.57. The second kappa shape index (κ2) is 8.46. The van der Waals surface area contributed by atoms with Gasteiger partial charge in [0.15, 0.2) is 0 Å². The van der Waals surface area contributed by atoms with Crippen LogP contribution >= 0.6 is 11.8 Å². The van der Waals surface area contributed by atoms with E-state index < -0.39 is 0 Å². The van der Waals surface area contributed by atoms with Gasteiger partial charge in [-0.05, 0) is 37.6 Å². The van der Waals surface area contributed by atoms with Crippen LogP contribution in [0.25, 0.3) is 16.6 Å². The van der Waals surface area contributed by atoms with E-state index in [1.54, 1.807) is 29.6 Å². The number of hydrogen-bond acceptors (Lipinski definition) is 6. The average Bonchev–Trinajstić information content (AvgIpc) is 3.47. The lowest BCUT2D eigenvalue weighted by Crippen LogP contribution is -2.31. The monoisotopic (exact) mass is 430 g/mol. The number of benzene rings is 1. The van der Waals surface area contributed by atoms with Gasteiger partial charge in [-0.3, -0.25) is 4.68 Å². The molecule has 1 N–H and O–H groups in total. The van der Waals surface area contributed by atoms with Crippen LogP contribution in [0.1, 0.15) is 24.4 Å². The highest BCUT2D eigenvalue weighted by Gasteiger charge is 2.18. The molecule has 4 aromatic rings. The maximum Gasteiger partial charge on any atom is 0.132 e. The minimum atomic E-state index is 0.378. The normalized spacial score (nSPS) is 16.3. The molecule has 0 spiro atoms. The number of para-hydroxylation sites is 1. The number of aromatic nitrogens is 4. The first kappa shape index (κ1) is 19.7. The molecule has 3 aromatic heterocycles. The zero-order chi connectivity index (χ0) is 21.2. The first-order valence-electron chi connectivity index (χ1n) is 10.2. The molecule has 1 unspecified atom stereocenters. The Labute approximate surface area is 184 Å². The van der Waals surface area contributed by atoms with Gasteiger partial charge in [-0.1, -0.05) is 23.9 Å². The van der Waals surface area contributed by atoms with Crippen LogP contribution in [0.4, 0.5) is 0 Å². The molecule has 8 heteroatoms. The number of fused-ring (bicyclic) bond motifs is 1. The van der Waals surface area contributed by atoms with Crippen LogP contribution in [0, 0.1) is 11.3 Å². The van der Waals surface area contributed by atoms with E-state index in [2.05, 4.69) is 38.5 Å². The lowest BCUT2D eigenvalue weighted by atomic mass is 10.1. The number of nitriles is 1. The fourth-order valence-corrected chi connectivity index (χ4v) is 5.09. The Morgan fingerprint density at radius 1 is 1.16 bits per heavy atom. The summed E-state index contributed by atoms with van der Waals surface area (Å²) in [6.45, 7) is 2.02. The highest BCUT2D eigenvalue weighted by molar-refractivity contribution is 7.99. The van der Waals surface area contributed by atoms with Gasteiger partial charge in [-0.2, -0.15) is 15.5 Å². The third kappa shape index (κ3) is 3.78. The number of methoxy groups -OCH3 is 1. The van der Waals surface area contributed by atoms with E-state index in [1.165, 1.54) is 0 Å². The fourth-order valence-electron chi connectivity index (χ4n) is 3.97. The predicted octanol–water partition coefficient (Wildman–Crippen LogP) is 4.15. The molecule has 1 aromatic carbocycles. The molecule has 4 heterocycles. The Kier molecular flexibility index (Phi) is 5.37. The predicted molar refractivity (Wildman–Crippen MR) is 119 cm³/mol. The molecule has 0 radical (unpaired) electrons. The summed E-state index contributed by atoms with van der Waals surface area (Å²) in [6.07, 6.45) is 9.88. The molecule has 7 nitrogen and oxygen atoms in total. The number of nitrogens with zero attached hydrogens (tertiary/aromatic N) is 5. The number of piperidine rings is 1. The van der Waals surface area contributed by atoms with Gasteiger partial charge in [0.05, 0.1) is 41.5 Å². The van der Waals surface area contributed by atoms with Crippen molar-refractivity contribution >= 4 is 17.3 Å². The molecule has 0 saturated carbocycles. The molecule has 0 amide bonds. The molecule has 1 fully saturated rings. The Bertz CT molecular complexity index is 1260. The maximum absolute atomic E-state index is 9.59. The summed E-state index contributed by atoms with van der Waals surface area (Å²) in [4.78, 5) is 1.93. The standard InChI is InChI=1S/C23H22N6OS/c1-30-20-6-2-3-7-21(20)31-22-9-16(14-29-23(22)17(10-24)11-27-29)18-12-26-28(15-18)19-5-4-8-25-13-19/h2-3,6-7,9,11-12,14-15,19,25H,4-5,8,13H2,1H3. The van der Waals surface area contributed by atoms with E-state index in [0.29, 0.717) is 11.6 Å².